The molecule has 0 N–H and O–H groups in total. The van der Waals surface area contributed by atoms with Crippen molar-refractivity contribution in [2.24, 2.45) is 0 Å². The van der Waals surface area contributed by atoms with E-state index in [1.54, 1.807) is 0 Å². The maximum Gasteiger partial charge on any atom is 0.233 e. The Balaban J connectivity index is 1.45. The van der Waals surface area contributed by atoms with E-state index in [-0.39, 0.29) is 11.9 Å². The molecule has 0 aliphatic carbocycles. The van der Waals surface area contributed by atoms with Gasteiger partial charge in [-0.1, -0.05) is 17.8 Å². The van der Waals surface area contributed by atoms with Crippen LogP contribution >= 0.6 is 11.8 Å². The number of aryl methyl sites for hydroxylation is 2. The van der Waals surface area contributed by atoms with Gasteiger partial charge in [0.05, 0.1) is 11.8 Å². The minimum absolute atomic E-state index is 0.0892. The van der Waals surface area contributed by atoms with Gasteiger partial charge in [0.1, 0.15) is 13.2 Å². The Kier molecular flexibility index (Phi) is 5.44. The summed E-state index contributed by atoms with van der Waals surface area (Å²) in [6.45, 7) is 7.91. The smallest absolute Gasteiger partial charge is 0.233 e. The number of carbonyl (C=O) groups is 1. The first-order valence-electron chi connectivity index (χ1n) is 9.66. The van der Waals surface area contributed by atoms with E-state index in [0.717, 1.165) is 53.4 Å². The number of hydrogen-bond donors (Lipinski definition) is 0. The molecule has 1 aromatic heterocycles. The summed E-state index contributed by atoms with van der Waals surface area (Å²) in [6.07, 6.45) is 1.98. The molecule has 1 saturated heterocycles. The van der Waals surface area contributed by atoms with Crippen molar-refractivity contribution in [2.75, 3.05) is 25.5 Å². The summed E-state index contributed by atoms with van der Waals surface area (Å²) in [4.78, 5) is 23.9. The van der Waals surface area contributed by atoms with Gasteiger partial charge in [-0.3, -0.25) is 4.79 Å². The lowest BCUT2D eigenvalue weighted by atomic mass is 10.0. The molecule has 6 nitrogen and oxygen atoms in total. The molecule has 2 aliphatic heterocycles. The standard InChI is InChI=1S/C21H25N3O3S/c1-13-14(2)22-21(23-15(13)3)28-12-20(25)24-8-4-5-17(24)16-6-7-18-19(11-16)27-10-9-26-18/h6-7,11,17H,4-5,8-10,12H2,1-3H3. The van der Waals surface area contributed by atoms with Crippen molar-refractivity contribution < 1.29 is 14.3 Å². The first-order chi connectivity index (χ1) is 13.5. The normalized spacial score (nSPS) is 18.4. The highest BCUT2D eigenvalue weighted by Gasteiger charge is 2.31. The zero-order valence-electron chi connectivity index (χ0n) is 16.5. The van der Waals surface area contributed by atoms with E-state index in [2.05, 4.69) is 9.97 Å². The van der Waals surface area contributed by atoms with Gasteiger partial charge < -0.3 is 14.4 Å². The molecule has 2 aromatic rings. The van der Waals surface area contributed by atoms with Crippen molar-refractivity contribution in [3.63, 3.8) is 0 Å². The molecule has 1 unspecified atom stereocenters. The van der Waals surface area contributed by atoms with Crippen molar-refractivity contribution in [1.29, 1.82) is 0 Å². The highest BCUT2D eigenvalue weighted by molar-refractivity contribution is 7.99. The van der Waals surface area contributed by atoms with Crippen molar-refractivity contribution in [3.8, 4) is 11.5 Å². The third-order valence-electron chi connectivity index (χ3n) is 5.46. The molecular weight excluding hydrogens is 374 g/mol. The van der Waals surface area contributed by atoms with Crippen LogP contribution in [0.1, 0.15) is 41.4 Å². The molecular formula is C21H25N3O3S. The SMILES string of the molecule is Cc1nc(SCC(=O)N2CCCC2c2ccc3c(c2)OCCO3)nc(C)c1C. The van der Waals surface area contributed by atoms with Crippen molar-refractivity contribution in [3.05, 3.63) is 40.7 Å². The summed E-state index contributed by atoms with van der Waals surface area (Å²) >= 11 is 1.41. The molecule has 1 amide bonds. The summed E-state index contributed by atoms with van der Waals surface area (Å²) < 4.78 is 11.3. The molecule has 3 heterocycles. The van der Waals surface area contributed by atoms with Gasteiger partial charge in [-0.15, -0.1) is 0 Å². The summed E-state index contributed by atoms with van der Waals surface area (Å²) in [6, 6.07) is 6.11. The Bertz CT molecular complexity index is 879. The third-order valence-corrected chi connectivity index (χ3v) is 6.29. The van der Waals surface area contributed by atoms with Gasteiger partial charge in [0.15, 0.2) is 16.7 Å². The van der Waals surface area contributed by atoms with E-state index in [1.165, 1.54) is 11.8 Å². The number of rotatable bonds is 4. The number of aromatic nitrogens is 2. The van der Waals surface area contributed by atoms with Crippen LogP contribution in [0.3, 0.4) is 0 Å². The zero-order chi connectivity index (χ0) is 19.7. The van der Waals surface area contributed by atoms with Crippen LogP contribution < -0.4 is 9.47 Å². The Morgan fingerprint density at radius 1 is 1.14 bits per heavy atom. The molecule has 7 heteroatoms. The lowest BCUT2D eigenvalue weighted by molar-refractivity contribution is -0.129. The number of ether oxygens (including phenoxy) is 2. The second-order valence-electron chi connectivity index (χ2n) is 7.24. The number of fused-ring (bicyclic) bond motifs is 1. The number of thioether (sulfide) groups is 1. The van der Waals surface area contributed by atoms with Gasteiger partial charge in [-0.2, -0.15) is 0 Å². The van der Waals surface area contributed by atoms with Crippen LogP contribution in [0.4, 0.5) is 0 Å². The summed E-state index contributed by atoms with van der Waals surface area (Å²) in [5, 5.41) is 0.670. The zero-order valence-corrected chi connectivity index (χ0v) is 17.3. The fourth-order valence-electron chi connectivity index (χ4n) is 3.69. The van der Waals surface area contributed by atoms with E-state index in [0.29, 0.717) is 24.1 Å². The Morgan fingerprint density at radius 3 is 2.61 bits per heavy atom. The van der Waals surface area contributed by atoms with Crippen molar-refractivity contribution in [1.82, 2.24) is 14.9 Å². The lowest BCUT2D eigenvalue weighted by Gasteiger charge is -2.26. The summed E-state index contributed by atoms with van der Waals surface area (Å²) in [7, 11) is 0. The average molecular weight is 400 g/mol. The molecule has 0 bridgehead atoms. The van der Waals surface area contributed by atoms with Crippen LogP contribution in [0.2, 0.25) is 0 Å². The predicted molar refractivity (Wildman–Crippen MR) is 108 cm³/mol. The van der Waals surface area contributed by atoms with Crippen LogP contribution in [0.5, 0.6) is 11.5 Å². The minimum Gasteiger partial charge on any atom is -0.486 e. The number of carbonyl (C=O) groups excluding carboxylic acids is 1. The highest BCUT2D eigenvalue weighted by atomic mass is 32.2. The topological polar surface area (TPSA) is 64.6 Å². The highest BCUT2D eigenvalue weighted by Crippen LogP contribution is 2.38. The Labute approximate surface area is 169 Å². The molecule has 0 radical (unpaired) electrons. The van der Waals surface area contributed by atoms with Gasteiger partial charge in [-0.25, -0.2) is 9.97 Å². The molecule has 2 aliphatic rings. The van der Waals surface area contributed by atoms with Gasteiger partial charge >= 0.3 is 0 Å². The van der Waals surface area contributed by atoms with Gasteiger partial charge in [-0.05, 0) is 56.9 Å². The number of nitrogens with zero attached hydrogens (tertiary/aromatic N) is 3. The number of amides is 1. The van der Waals surface area contributed by atoms with E-state index in [1.807, 2.05) is 43.9 Å². The number of benzene rings is 1. The van der Waals surface area contributed by atoms with Gasteiger partial charge in [0.2, 0.25) is 5.91 Å². The van der Waals surface area contributed by atoms with E-state index in [9.17, 15) is 4.79 Å². The Morgan fingerprint density at radius 2 is 1.86 bits per heavy atom. The number of likely N-dealkylation sites (tertiary alicyclic amines) is 1. The maximum absolute atomic E-state index is 12.9. The second-order valence-corrected chi connectivity index (χ2v) is 8.18. The fourth-order valence-corrected chi connectivity index (χ4v) is 4.52. The minimum atomic E-state index is 0.0892. The predicted octanol–water partition coefficient (Wildman–Crippen LogP) is 3.63. The molecule has 148 valence electrons. The van der Waals surface area contributed by atoms with Gasteiger partial charge in [0, 0.05) is 17.9 Å². The van der Waals surface area contributed by atoms with Gasteiger partial charge in [0.25, 0.3) is 0 Å². The molecule has 1 aromatic carbocycles. The molecule has 0 saturated carbocycles. The Hall–Kier alpha value is -2.28. The van der Waals surface area contributed by atoms with E-state index < -0.39 is 0 Å². The van der Waals surface area contributed by atoms with E-state index in [4.69, 9.17) is 9.47 Å². The quantitative estimate of drug-likeness (QED) is 0.578. The summed E-state index contributed by atoms with van der Waals surface area (Å²) in [5.74, 6) is 2.03. The third kappa shape index (κ3) is 3.81. The van der Waals surface area contributed by atoms with Crippen molar-refractivity contribution >= 4 is 17.7 Å². The number of hydrogen-bond acceptors (Lipinski definition) is 6. The first kappa shape index (κ1) is 19.1. The van der Waals surface area contributed by atoms with Crippen LogP contribution in [0, 0.1) is 20.8 Å². The molecule has 4 rings (SSSR count). The lowest BCUT2D eigenvalue weighted by Crippen LogP contribution is -2.32. The first-order valence-corrected chi connectivity index (χ1v) is 10.6. The second kappa shape index (κ2) is 7.99. The largest absolute Gasteiger partial charge is 0.486 e. The molecule has 1 atom stereocenters. The van der Waals surface area contributed by atoms with Crippen LogP contribution in [0.25, 0.3) is 0 Å². The molecule has 0 spiro atoms. The maximum atomic E-state index is 12.9. The fraction of sp³-hybridized carbons (Fsp3) is 0.476. The van der Waals surface area contributed by atoms with Crippen LogP contribution in [-0.4, -0.2) is 46.3 Å². The van der Waals surface area contributed by atoms with Crippen molar-refractivity contribution in [2.45, 2.75) is 44.8 Å². The average Bonchev–Trinajstić information content (AvgIpc) is 3.19. The molecule has 1 fully saturated rings. The summed E-state index contributed by atoms with van der Waals surface area (Å²) in [5.41, 5.74) is 4.16. The molecule has 28 heavy (non-hydrogen) atoms. The van der Waals surface area contributed by atoms with Crippen LogP contribution in [0.15, 0.2) is 23.4 Å². The van der Waals surface area contributed by atoms with E-state index >= 15 is 0 Å². The monoisotopic (exact) mass is 399 g/mol. The van der Waals surface area contributed by atoms with Crippen LogP contribution in [-0.2, 0) is 4.79 Å².